The molecule has 1 aliphatic rings. The van der Waals surface area contributed by atoms with Gasteiger partial charge in [0.1, 0.15) is 0 Å². The summed E-state index contributed by atoms with van der Waals surface area (Å²) in [5.41, 5.74) is 2.15. The highest BCUT2D eigenvalue weighted by Crippen LogP contribution is 2.38. The van der Waals surface area contributed by atoms with E-state index in [4.69, 9.17) is 0 Å². The van der Waals surface area contributed by atoms with Gasteiger partial charge in [0.15, 0.2) is 11.5 Å². The zero-order chi connectivity index (χ0) is 14.8. The van der Waals surface area contributed by atoms with Crippen LogP contribution in [0.15, 0.2) is 29.6 Å². The second-order valence-electron chi connectivity index (χ2n) is 5.38. The number of phenols is 2. The molecule has 2 aromatic rings. The van der Waals surface area contributed by atoms with E-state index >= 15 is 0 Å². The second kappa shape index (κ2) is 7.33. The molecule has 1 aromatic carbocycles. The van der Waals surface area contributed by atoms with Gasteiger partial charge in [-0.2, -0.15) is 0 Å². The third-order valence-corrected chi connectivity index (χ3v) is 5.04. The Kier molecular flexibility index (Phi) is 5.69. The van der Waals surface area contributed by atoms with E-state index in [-0.39, 0.29) is 36.4 Å². The summed E-state index contributed by atoms with van der Waals surface area (Å²) >= 11 is 1.70. The molecule has 0 spiro atoms. The zero-order valence-corrected chi connectivity index (χ0v) is 13.7. The van der Waals surface area contributed by atoms with Crippen molar-refractivity contribution in [2.75, 3.05) is 26.2 Å². The fourth-order valence-electron chi connectivity index (χ4n) is 2.98. The molecule has 6 heteroatoms. The van der Waals surface area contributed by atoms with Crippen LogP contribution in [-0.2, 0) is 6.42 Å². The van der Waals surface area contributed by atoms with Crippen molar-refractivity contribution in [3.63, 3.8) is 0 Å². The number of aliphatic hydroxyl groups excluding tert-OH is 1. The lowest BCUT2D eigenvalue weighted by Gasteiger charge is -2.23. The number of rotatable bonds is 3. The van der Waals surface area contributed by atoms with Gasteiger partial charge in [-0.1, -0.05) is 6.07 Å². The number of halogens is 1. The molecule has 0 aliphatic carbocycles. The van der Waals surface area contributed by atoms with Gasteiger partial charge in [0.05, 0.1) is 6.61 Å². The number of nitrogens with zero attached hydrogens (tertiary/aromatic N) is 1. The third-order valence-electron chi connectivity index (χ3n) is 4.05. The summed E-state index contributed by atoms with van der Waals surface area (Å²) in [5.74, 6) is 0.0424. The Morgan fingerprint density at radius 3 is 2.68 bits per heavy atom. The summed E-state index contributed by atoms with van der Waals surface area (Å²) in [5, 5.41) is 30.9. The number of fused-ring (bicyclic) bond motifs is 1. The SMILES string of the molecule is Cl.OCCN1CCc2cc(O)c(O)cc2C(c2cccs2)C1. The highest BCUT2D eigenvalue weighted by molar-refractivity contribution is 7.10. The molecule has 1 unspecified atom stereocenters. The first-order valence-electron chi connectivity index (χ1n) is 7.10. The summed E-state index contributed by atoms with van der Waals surface area (Å²) < 4.78 is 0. The Hall–Kier alpha value is -1.27. The van der Waals surface area contributed by atoms with Gasteiger partial charge < -0.3 is 15.3 Å². The molecule has 1 atom stereocenters. The minimum Gasteiger partial charge on any atom is -0.504 e. The quantitative estimate of drug-likeness (QED) is 0.751. The Bertz CT molecular complexity index is 618. The number of hydrogen-bond donors (Lipinski definition) is 3. The largest absolute Gasteiger partial charge is 0.504 e. The first-order valence-corrected chi connectivity index (χ1v) is 7.98. The predicted molar refractivity (Wildman–Crippen MR) is 90.4 cm³/mol. The minimum absolute atomic E-state index is 0. The molecule has 0 saturated carbocycles. The van der Waals surface area contributed by atoms with Crippen molar-refractivity contribution in [3.05, 3.63) is 45.6 Å². The summed E-state index contributed by atoms with van der Waals surface area (Å²) in [7, 11) is 0. The van der Waals surface area contributed by atoms with Crippen molar-refractivity contribution in [1.29, 1.82) is 0 Å². The van der Waals surface area contributed by atoms with E-state index in [0.29, 0.717) is 6.54 Å². The van der Waals surface area contributed by atoms with Gasteiger partial charge in [0.2, 0.25) is 0 Å². The van der Waals surface area contributed by atoms with E-state index in [1.807, 2.05) is 6.07 Å². The number of aromatic hydroxyl groups is 2. The number of thiophene rings is 1. The molecule has 0 amide bonds. The molecule has 0 radical (unpaired) electrons. The Balaban J connectivity index is 0.00000176. The van der Waals surface area contributed by atoms with Gasteiger partial charge in [-0.15, -0.1) is 23.7 Å². The molecule has 0 saturated heterocycles. The highest BCUT2D eigenvalue weighted by Gasteiger charge is 2.26. The van der Waals surface area contributed by atoms with Gasteiger partial charge in [0, 0.05) is 30.4 Å². The highest BCUT2D eigenvalue weighted by atomic mass is 35.5. The summed E-state index contributed by atoms with van der Waals surface area (Å²) in [6, 6.07) is 7.50. The molecule has 0 bridgehead atoms. The summed E-state index contributed by atoms with van der Waals surface area (Å²) in [6.45, 7) is 2.45. The number of benzene rings is 1. The maximum absolute atomic E-state index is 9.85. The van der Waals surface area contributed by atoms with Crippen LogP contribution in [0.1, 0.15) is 21.9 Å². The molecular weight excluding hydrogens is 322 g/mol. The van der Waals surface area contributed by atoms with Crippen LogP contribution >= 0.6 is 23.7 Å². The maximum atomic E-state index is 9.85. The van der Waals surface area contributed by atoms with Crippen LogP contribution < -0.4 is 0 Å². The molecule has 3 rings (SSSR count). The lowest BCUT2D eigenvalue weighted by Crippen LogP contribution is -2.31. The van der Waals surface area contributed by atoms with Gasteiger partial charge in [0.25, 0.3) is 0 Å². The van der Waals surface area contributed by atoms with Crippen molar-refractivity contribution in [3.8, 4) is 11.5 Å². The van der Waals surface area contributed by atoms with Crippen molar-refractivity contribution in [2.24, 2.45) is 0 Å². The fourth-order valence-corrected chi connectivity index (χ4v) is 3.82. The first kappa shape index (κ1) is 17.1. The van der Waals surface area contributed by atoms with Crippen LogP contribution in [0, 0.1) is 0 Å². The van der Waals surface area contributed by atoms with Gasteiger partial charge in [-0.25, -0.2) is 0 Å². The molecule has 0 fully saturated rings. The Morgan fingerprint density at radius 2 is 2.00 bits per heavy atom. The molecule has 1 aliphatic heterocycles. The second-order valence-corrected chi connectivity index (χ2v) is 6.36. The molecule has 3 N–H and O–H groups in total. The van der Waals surface area contributed by atoms with Crippen molar-refractivity contribution >= 4 is 23.7 Å². The molecule has 22 heavy (non-hydrogen) atoms. The first-order chi connectivity index (χ1) is 10.2. The lowest BCUT2D eigenvalue weighted by atomic mass is 9.92. The molecule has 120 valence electrons. The average molecular weight is 342 g/mol. The molecule has 2 heterocycles. The topological polar surface area (TPSA) is 63.9 Å². The Labute approximate surface area is 140 Å². The minimum atomic E-state index is -0.0640. The van der Waals surface area contributed by atoms with Crippen LogP contribution in [0.3, 0.4) is 0 Å². The van der Waals surface area contributed by atoms with Gasteiger partial charge in [-0.05, 0) is 41.1 Å². The number of aliphatic hydroxyl groups is 1. The van der Waals surface area contributed by atoms with Crippen LogP contribution in [0.5, 0.6) is 11.5 Å². The van der Waals surface area contributed by atoms with E-state index in [2.05, 4.69) is 16.3 Å². The van der Waals surface area contributed by atoms with Crippen LogP contribution in [0.25, 0.3) is 0 Å². The van der Waals surface area contributed by atoms with E-state index in [1.165, 1.54) is 4.88 Å². The van der Waals surface area contributed by atoms with Crippen LogP contribution in [0.2, 0.25) is 0 Å². The van der Waals surface area contributed by atoms with Crippen molar-refractivity contribution < 1.29 is 15.3 Å². The van der Waals surface area contributed by atoms with E-state index in [0.717, 1.165) is 30.6 Å². The maximum Gasteiger partial charge on any atom is 0.157 e. The third kappa shape index (κ3) is 3.38. The Morgan fingerprint density at radius 1 is 1.23 bits per heavy atom. The van der Waals surface area contributed by atoms with Crippen molar-refractivity contribution in [1.82, 2.24) is 4.90 Å². The lowest BCUT2D eigenvalue weighted by molar-refractivity contribution is 0.197. The van der Waals surface area contributed by atoms with Gasteiger partial charge >= 0.3 is 0 Å². The summed E-state index contributed by atoms with van der Waals surface area (Å²) in [6.07, 6.45) is 0.811. The smallest absolute Gasteiger partial charge is 0.157 e. The molecule has 4 nitrogen and oxygen atoms in total. The summed E-state index contributed by atoms with van der Waals surface area (Å²) in [4.78, 5) is 3.48. The number of hydrogen-bond acceptors (Lipinski definition) is 5. The number of β-amino-alcohol motifs (C(OH)–C–C–N with tert-alkyl or cyclic N) is 1. The van der Waals surface area contributed by atoms with Crippen molar-refractivity contribution in [2.45, 2.75) is 12.3 Å². The zero-order valence-electron chi connectivity index (χ0n) is 12.1. The standard InChI is InChI=1S/C16H19NO3S.ClH/c18-6-5-17-4-3-11-8-14(19)15(20)9-12(11)13(10-17)16-2-1-7-21-16;/h1-2,7-9,13,18-20H,3-6,10H2;1H. The number of phenolic OH excluding ortho intramolecular Hbond substituents is 2. The monoisotopic (exact) mass is 341 g/mol. The average Bonchev–Trinajstić information content (AvgIpc) is 2.94. The van der Waals surface area contributed by atoms with Crippen LogP contribution in [-0.4, -0.2) is 46.5 Å². The normalized spacial score (nSPS) is 18.3. The van der Waals surface area contributed by atoms with E-state index in [9.17, 15) is 15.3 Å². The van der Waals surface area contributed by atoms with Gasteiger partial charge in [-0.3, -0.25) is 4.90 Å². The fraction of sp³-hybridized carbons (Fsp3) is 0.375. The van der Waals surface area contributed by atoms with E-state index in [1.54, 1.807) is 23.5 Å². The van der Waals surface area contributed by atoms with Crippen LogP contribution in [0.4, 0.5) is 0 Å². The molecule has 1 aromatic heterocycles. The predicted octanol–water partition coefficient (Wildman–Crippen LogP) is 2.56. The molecular formula is C16H20ClNO3S. The van der Waals surface area contributed by atoms with E-state index < -0.39 is 0 Å².